The van der Waals surface area contributed by atoms with Gasteiger partial charge in [-0.15, -0.1) is 0 Å². The molecule has 1 heterocycles. The Bertz CT molecular complexity index is 714. The highest BCUT2D eigenvalue weighted by molar-refractivity contribution is 5.87. The molecule has 4 nitrogen and oxygen atoms in total. The quantitative estimate of drug-likeness (QED) is 0.881. The van der Waals surface area contributed by atoms with Crippen LogP contribution >= 0.6 is 0 Å². The van der Waals surface area contributed by atoms with E-state index in [0.717, 1.165) is 37.2 Å². The Morgan fingerprint density at radius 2 is 2.08 bits per heavy atom. The van der Waals surface area contributed by atoms with Gasteiger partial charge in [0, 0.05) is 12.6 Å². The average molecular weight is 325 g/mol. The van der Waals surface area contributed by atoms with Gasteiger partial charge < -0.3 is 9.84 Å². The molecule has 24 heavy (non-hydrogen) atoms. The van der Waals surface area contributed by atoms with Crippen molar-refractivity contribution >= 4 is 5.97 Å². The predicted octanol–water partition coefficient (Wildman–Crippen LogP) is 3.60. The fraction of sp³-hybridized carbons (Fsp3) is 0.350. The standard InChI is InChI=1S/C20H23NO3/c1-24-19-10-3-2-7-16(19)13-18-9-5-11-21(18)14-15-6-4-8-17(12-15)20(22)23/h2-4,6-8,10,12,18H,5,9,11,13-14H2,1H3,(H,22,23). The van der Waals surface area contributed by atoms with Crippen molar-refractivity contribution in [2.45, 2.75) is 31.8 Å². The van der Waals surface area contributed by atoms with E-state index in [1.807, 2.05) is 30.3 Å². The first-order valence-electron chi connectivity index (χ1n) is 8.35. The molecule has 126 valence electrons. The van der Waals surface area contributed by atoms with Gasteiger partial charge in [0.25, 0.3) is 0 Å². The summed E-state index contributed by atoms with van der Waals surface area (Å²) in [5.74, 6) is 0.0704. The SMILES string of the molecule is COc1ccccc1CC1CCCN1Cc1cccc(C(=O)O)c1. The number of methoxy groups -OCH3 is 1. The second-order valence-electron chi connectivity index (χ2n) is 6.29. The second-order valence-corrected chi connectivity index (χ2v) is 6.29. The molecule has 1 aliphatic rings. The molecule has 0 radical (unpaired) electrons. The van der Waals surface area contributed by atoms with Crippen LogP contribution < -0.4 is 4.74 Å². The van der Waals surface area contributed by atoms with E-state index in [4.69, 9.17) is 9.84 Å². The minimum absolute atomic E-state index is 0.355. The van der Waals surface area contributed by atoms with Gasteiger partial charge in [-0.25, -0.2) is 4.79 Å². The maximum absolute atomic E-state index is 11.1. The van der Waals surface area contributed by atoms with Crippen LogP contribution in [0, 0.1) is 0 Å². The molecule has 2 aromatic carbocycles. The van der Waals surface area contributed by atoms with E-state index in [-0.39, 0.29) is 0 Å². The van der Waals surface area contributed by atoms with Crippen molar-refractivity contribution < 1.29 is 14.6 Å². The third kappa shape index (κ3) is 3.77. The van der Waals surface area contributed by atoms with Crippen LogP contribution in [0.1, 0.15) is 34.3 Å². The molecule has 0 spiro atoms. The second kappa shape index (κ2) is 7.49. The summed E-state index contributed by atoms with van der Waals surface area (Å²) in [6, 6.07) is 15.9. The van der Waals surface area contributed by atoms with Crippen LogP contribution in [0.25, 0.3) is 0 Å². The van der Waals surface area contributed by atoms with Gasteiger partial charge in [0.05, 0.1) is 12.7 Å². The van der Waals surface area contributed by atoms with Gasteiger partial charge in [-0.05, 0) is 55.1 Å². The van der Waals surface area contributed by atoms with Crippen molar-refractivity contribution in [2.24, 2.45) is 0 Å². The summed E-state index contributed by atoms with van der Waals surface area (Å²) in [6.07, 6.45) is 3.30. The summed E-state index contributed by atoms with van der Waals surface area (Å²) in [7, 11) is 1.71. The van der Waals surface area contributed by atoms with Crippen molar-refractivity contribution in [3.8, 4) is 5.75 Å². The Kier molecular flexibility index (Phi) is 5.16. The van der Waals surface area contributed by atoms with Crippen LogP contribution in [-0.2, 0) is 13.0 Å². The zero-order valence-electron chi connectivity index (χ0n) is 13.9. The Balaban J connectivity index is 1.72. The van der Waals surface area contributed by atoms with Gasteiger partial charge in [0.15, 0.2) is 0 Å². The van der Waals surface area contributed by atoms with Gasteiger partial charge in [-0.1, -0.05) is 30.3 Å². The molecular weight excluding hydrogens is 302 g/mol. The number of carboxylic acid groups (broad SMARTS) is 1. The number of benzene rings is 2. The highest BCUT2D eigenvalue weighted by Gasteiger charge is 2.25. The summed E-state index contributed by atoms with van der Waals surface area (Å²) in [5.41, 5.74) is 2.64. The fourth-order valence-electron chi connectivity index (χ4n) is 3.50. The van der Waals surface area contributed by atoms with Gasteiger partial charge in [0.1, 0.15) is 5.75 Å². The molecule has 0 saturated carbocycles. The molecule has 1 N–H and O–H groups in total. The highest BCUT2D eigenvalue weighted by Crippen LogP contribution is 2.27. The summed E-state index contributed by atoms with van der Waals surface area (Å²) in [6.45, 7) is 1.85. The summed E-state index contributed by atoms with van der Waals surface area (Å²) in [5, 5.41) is 9.15. The van der Waals surface area contributed by atoms with Crippen molar-refractivity contribution in [1.29, 1.82) is 0 Å². The Labute approximate surface area is 142 Å². The van der Waals surface area contributed by atoms with Gasteiger partial charge in [-0.3, -0.25) is 4.90 Å². The summed E-state index contributed by atoms with van der Waals surface area (Å²) >= 11 is 0. The molecule has 1 atom stereocenters. The molecular formula is C20H23NO3. The molecule has 0 aliphatic carbocycles. The monoisotopic (exact) mass is 325 g/mol. The molecule has 1 fully saturated rings. The lowest BCUT2D eigenvalue weighted by atomic mass is 10.0. The van der Waals surface area contributed by atoms with Crippen LogP contribution in [-0.4, -0.2) is 35.7 Å². The van der Waals surface area contributed by atoms with E-state index in [2.05, 4.69) is 11.0 Å². The van der Waals surface area contributed by atoms with Gasteiger partial charge in [-0.2, -0.15) is 0 Å². The summed E-state index contributed by atoms with van der Waals surface area (Å²) < 4.78 is 5.47. The number of likely N-dealkylation sites (tertiary alicyclic amines) is 1. The number of para-hydroxylation sites is 1. The number of carboxylic acids is 1. The van der Waals surface area contributed by atoms with Crippen molar-refractivity contribution in [3.63, 3.8) is 0 Å². The Morgan fingerprint density at radius 1 is 1.25 bits per heavy atom. The molecule has 0 aromatic heterocycles. The zero-order valence-corrected chi connectivity index (χ0v) is 13.9. The molecule has 0 amide bonds. The lowest BCUT2D eigenvalue weighted by Crippen LogP contribution is -2.30. The lowest BCUT2D eigenvalue weighted by molar-refractivity contribution is 0.0696. The van der Waals surface area contributed by atoms with Crippen LogP contribution in [0.4, 0.5) is 0 Å². The first-order valence-corrected chi connectivity index (χ1v) is 8.35. The van der Waals surface area contributed by atoms with E-state index >= 15 is 0 Å². The number of ether oxygens (including phenoxy) is 1. The minimum atomic E-state index is -0.871. The van der Waals surface area contributed by atoms with Gasteiger partial charge in [0.2, 0.25) is 0 Å². The number of rotatable bonds is 6. The predicted molar refractivity (Wildman–Crippen MR) is 93.5 cm³/mol. The lowest BCUT2D eigenvalue weighted by Gasteiger charge is -2.25. The van der Waals surface area contributed by atoms with E-state index in [9.17, 15) is 4.79 Å². The van der Waals surface area contributed by atoms with Crippen molar-refractivity contribution in [2.75, 3.05) is 13.7 Å². The number of hydrogen-bond acceptors (Lipinski definition) is 3. The van der Waals surface area contributed by atoms with E-state index in [1.165, 1.54) is 12.0 Å². The topological polar surface area (TPSA) is 49.8 Å². The third-order valence-corrected chi connectivity index (χ3v) is 4.71. The number of aromatic carboxylic acids is 1. The first kappa shape index (κ1) is 16.5. The smallest absolute Gasteiger partial charge is 0.335 e. The van der Waals surface area contributed by atoms with E-state index in [1.54, 1.807) is 19.2 Å². The number of carbonyl (C=O) groups is 1. The maximum atomic E-state index is 11.1. The molecule has 1 unspecified atom stereocenters. The fourth-order valence-corrected chi connectivity index (χ4v) is 3.50. The third-order valence-electron chi connectivity index (χ3n) is 4.71. The average Bonchev–Trinajstić information content (AvgIpc) is 3.02. The Hall–Kier alpha value is -2.33. The molecule has 2 aromatic rings. The molecule has 1 aliphatic heterocycles. The van der Waals surface area contributed by atoms with Crippen LogP contribution in [0.2, 0.25) is 0 Å². The summed E-state index contributed by atoms with van der Waals surface area (Å²) in [4.78, 5) is 13.6. The number of nitrogens with zero attached hydrogens (tertiary/aromatic N) is 1. The van der Waals surface area contributed by atoms with E-state index < -0.39 is 5.97 Å². The molecule has 0 bridgehead atoms. The zero-order chi connectivity index (χ0) is 16.9. The van der Waals surface area contributed by atoms with Crippen LogP contribution in [0.3, 0.4) is 0 Å². The largest absolute Gasteiger partial charge is 0.496 e. The molecule has 1 saturated heterocycles. The first-order chi connectivity index (χ1) is 11.7. The Morgan fingerprint density at radius 3 is 2.88 bits per heavy atom. The van der Waals surface area contributed by atoms with Crippen LogP contribution in [0.5, 0.6) is 5.75 Å². The van der Waals surface area contributed by atoms with Crippen LogP contribution in [0.15, 0.2) is 48.5 Å². The molecule has 4 heteroatoms. The molecule has 3 rings (SSSR count). The maximum Gasteiger partial charge on any atom is 0.335 e. The number of hydrogen-bond donors (Lipinski definition) is 1. The highest BCUT2D eigenvalue weighted by atomic mass is 16.5. The minimum Gasteiger partial charge on any atom is -0.496 e. The van der Waals surface area contributed by atoms with Crippen molar-refractivity contribution in [3.05, 3.63) is 65.2 Å². The van der Waals surface area contributed by atoms with Crippen molar-refractivity contribution in [1.82, 2.24) is 4.90 Å². The van der Waals surface area contributed by atoms with E-state index in [0.29, 0.717) is 11.6 Å². The van der Waals surface area contributed by atoms with Gasteiger partial charge >= 0.3 is 5.97 Å². The normalized spacial score (nSPS) is 17.8.